The van der Waals surface area contributed by atoms with Crippen molar-refractivity contribution in [1.29, 1.82) is 0 Å². The molecule has 0 aliphatic rings. The van der Waals surface area contributed by atoms with E-state index in [9.17, 15) is 4.79 Å². The molecule has 0 aromatic heterocycles. The Labute approximate surface area is 127 Å². The number of carbonyl (C=O) groups is 1. The second-order valence-corrected chi connectivity index (χ2v) is 7.97. The van der Waals surface area contributed by atoms with Gasteiger partial charge in [0, 0.05) is 11.0 Å². The SMILES string of the molecule is CCCC(C)(C)C(=O)NC(CC)(C(C)CC)C(C)(C)C. The second-order valence-electron chi connectivity index (χ2n) is 7.97. The van der Waals surface area contributed by atoms with Crippen LogP contribution in [-0.2, 0) is 4.79 Å². The molecular weight excluding hydrogens is 246 g/mol. The topological polar surface area (TPSA) is 29.1 Å². The fourth-order valence-electron chi connectivity index (χ4n) is 3.48. The van der Waals surface area contributed by atoms with Crippen molar-refractivity contribution in [1.82, 2.24) is 5.32 Å². The molecule has 0 saturated heterocycles. The average Bonchev–Trinajstić information content (AvgIpc) is 2.32. The van der Waals surface area contributed by atoms with Gasteiger partial charge in [0.05, 0.1) is 0 Å². The summed E-state index contributed by atoms with van der Waals surface area (Å²) in [4.78, 5) is 12.8. The Kier molecular flexibility index (Phi) is 6.77. The van der Waals surface area contributed by atoms with Crippen molar-refractivity contribution in [2.24, 2.45) is 16.7 Å². The Morgan fingerprint density at radius 3 is 1.85 bits per heavy atom. The van der Waals surface area contributed by atoms with Gasteiger partial charge in [0.2, 0.25) is 5.91 Å². The van der Waals surface area contributed by atoms with E-state index in [0.29, 0.717) is 5.92 Å². The van der Waals surface area contributed by atoms with Gasteiger partial charge in [0.15, 0.2) is 0 Å². The summed E-state index contributed by atoms with van der Waals surface area (Å²) in [7, 11) is 0. The van der Waals surface area contributed by atoms with E-state index >= 15 is 0 Å². The smallest absolute Gasteiger partial charge is 0.226 e. The van der Waals surface area contributed by atoms with Crippen LogP contribution in [0.2, 0.25) is 0 Å². The molecule has 0 aromatic rings. The minimum atomic E-state index is -0.284. The molecule has 0 bridgehead atoms. The van der Waals surface area contributed by atoms with Crippen LogP contribution in [0.5, 0.6) is 0 Å². The predicted octanol–water partition coefficient (Wildman–Crippen LogP) is 5.17. The lowest BCUT2D eigenvalue weighted by Gasteiger charge is -2.50. The summed E-state index contributed by atoms with van der Waals surface area (Å²) in [5.74, 6) is 0.672. The van der Waals surface area contributed by atoms with Crippen LogP contribution >= 0.6 is 0 Å². The second kappa shape index (κ2) is 6.95. The molecule has 2 atom stereocenters. The van der Waals surface area contributed by atoms with E-state index in [0.717, 1.165) is 25.7 Å². The Balaban J connectivity index is 5.44. The quantitative estimate of drug-likeness (QED) is 0.686. The number of amides is 1. The van der Waals surface area contributed by atoms with Crippen molar-refractivity contribution in [2.45, 2.75) is 93.5 Å². The third-order valence-corrected chi connectivity index (χ3v) is 5.18. The summed E-state index contributed by atoms with van der Waals surface area (Å²) < 4.78 is 0. The van der Waals surface area contributed by atoms with Crippen molar-refractivity contribution in [2.75, 3.05) is 0 Å². The van der Waals surface area contributed by atoms with Gasteiger partial charge >= 0.3 is 0 Å². The summed E-state index contributed by atoms with van der Waals surface area (Å²) in [5.41, 5.74) is -0.368. The molecule has 0 fully saturated rings. The highest BCUT2D eigenvalue weighted by molar-refractivity contribution is 5.82. The van der Waals surface area contributed by atoms with Crippen molar-refractivity contribution >= 4 is 5.91 Å². The van der Waals surface area contributed by atoms with Crippen LogP contribution in [0.1, 0.15) is 88.0 Å². The molecule has 0 aliphatic heterocycles. The molecule has 1 N–H and O–H groups in total. The molecule has 1 amide bonds. The number of nitrogens with one attached hydrogen (secondary N) is 1. The monoisotopic (exact) mass is 283 g/mol. The summed E-state index contributed by atoms with van der Waals surface area (Å²) >= 11 is 0. The lowest BCUT2D eigenvalue weighted by molar-refractivity contribution is -0.135. The number of rotatable bonds is 7. The van der Waals surface area contributed by atoms with Gasteiger partial charge < -0.3 is 5.32 Å². The lowest BCUT2D eigenvalue weighted by atomic mass is 9.64. The minimum absolute atomic E-state index is 0.0507. The van der Waals surface area contributed by atoms with Crippen LogP contribution in [0.3, 0.4) is 0 Å². The standard InChI is InChI=1S/C18H37NO/c1-10-13-17(8,9)15(20)19-18(12-3,14(4)11-2)16(5,6)7/h14H,10-13H2,1-9H3,(H,19,20). The van der Waals surface area contributed by atoms with E-state index in [1.54, 1.807) is 0 Å². The predicted molar refractivity (Wildman–Crippen MR) is 88.8 cm³/mol. The van der Waals surface area contributed by atoms with Crippen LogP contribution in [0.4, 0.5) is 0 Å². The van der Waals surface area contributed by atoms with Crippen LogP contribution in [0, 0.1) is 16.7 Å². The first kappa shape index (κ1) is 19.5. The van der Waals surface area contributed by atoms with Crippen LogP contribution in [0.15, 0.2) is 0 Å². The van der Waals surface area contributed by atoms with E-state index in [2.05, 4.69) is 67.6 Å². The molecule has 120 valence electrons. The highest BCUT2D eigenvalue weighted by Gasteiger charge is 2.46. The molecule has 2 nitrogen and oxygen atoms in total. The molecular formula is C18H37NO. The summed E-state index contributed by atoms with van der Waals surface area (Å²) in [6.07, 6.45) is 4.03. The van der Waals surface area contributed by atoms with E-state index in [1.165, 1.54) is 0 Å². The van der Waals surface area contributed by atoms with E-state index in [-0.39, 0.29) is 22.3 Å². The molecule has 2 heteroatoms. The summed E-state index contributed by atoms with van der Waals surface area (Å²) in [6, 6.07) is 0. The molecule has 0 aliphatic carbocycles. The highest BCUT2D eigenvalue weighted by Crippen LogP contribution is 2.41. The summed E-state index contributed by atoms with van der Waals surface area (Å²) in [6.45, 7) is 19.7. The van der Waals surface area contributed by atoms with Crippen molar-refractivity contribution in [3.05, 3.63) is 0 Å². The van der Waals surface area contributed by atoms with E-state index in [4.69, 9.17) is 0 Å². The zero-order valence-electron chi connectivity index (χ0n) is 15.3. The Hall–Kier alpha value is -0.530. The first-order valence-corrected chi connectivity index (χ1v) is 8.31. The third kappa shape index (κ3) is 3.99. The van der Waals surface area contributed by atoms with Crippen LogP contribution in [-0.4, -0.2) is 11.4 Å². The molecule has 0 rings (SSSR count). The van der Waals surface area contributed by atoms with Crippen molar-refractivity contribution < 1.29 is 4.79 Å². The van der Waals surface area contributed by atoms with Gasteiger partial charge in [-0.25, -0.2) is 0 Å². The van der Waals surface area contributed by atoms with Gasteiger partial charge in [-0.15, -0.1) is 0 Å². The van der Waals surface area contributed by atoms with Gasteiger partial charge in [-0.3, -0.25) is 4.79 Å². The van der Waals surface area contributed by atoms with Crippen LogP contribution < -0.4 is 5.32 Å². The average molecular weight is 284 g/mol. The first-order valence-electron chi connectivity index (χ1n) is 8.31. The number of hydrogen-bond acceptors (Lipinski definition) is 1. The van der Waals surface area contributed by atoms with E-state index in [1.807, 2.05) is 0 Å². The Morgan fingerprint density at radius 1 is 1.05 bits per heavy atom. The van der Waals surface area contributed by atoms with Gasteiger partial charge in [-0.05, 0) is 24.2 Å². The Bertz CT molecular complexity index is 314. The van der Waals surface area contributed by atoms with Crippen LogP contribution in [0.25, 0.3) is 0 Å². The maximum atomic E-state index is 12.8. The van der Waals surface area contributed by atoms with Gasteiger partial charge in [-0.1, -0.05) is 75.2 Å². The highest BCUT2D eigenvalue weighted by atomic mass is 16.2. The molecule has 0 radical (unpaired) electrons. The molecule has 0 aromatic carbocycles. The third-order valence-electron chi connectivity index (χ3n) is 5.18. The zero-order chi connectivity index (χ0) is 16.2. The normalized spacial score (nSPS) is 17.4. The zero-order valence-corrected chi connectivity index (χ0v) is 15.3. The molecule has 0 saturated carbocycles. The van der Waals surface area contributed by atoms with Gasteiger partial charge in [0.25, 0.3) is 0 Å². The summed E-state index contributed by atoms with van der Waals surface area (Å²) in [5, 5.41) is 3.46. The van der Waals surface area contributed by atoms with E-state index < -0.39 is 0 Å². The maximum absolute atomic E-state index is 12.8. The minimum Gasteiger partial charge on any atom is -0.349 e. The van der Waals surface area contributed by atoms with Gasteiger partial charge in [-0.2, -0.15) is 0 Å². The molecule has 20 heavy (non-hydrogen) atoms. The van der Waals surface area contributed by atoms with Crippen molar-refractivity contribution in [3.63, 3.8) is 0 Å². The Morgan fingerprint density at radius 2 is 1.55 bits per heavy atom. The maximum Gasteiger partial charge on any atom is 0.226 e. The molecule has 0 spiro atoms. The number of hydrogen-bond donors (Lipinski definition) is 1. The fraction of sp³-hybridized carbons (Fsp3) is 0.944. The number of carbonyl (C=O) groups excluding carboxylic acids is 1. The molecule has 2 unspecified atom stereocenters. The first-order chi connectivity index (χ1) is 8.98. The largest absolute Gasteiger partial charge is 0.349 e. The van der Waals surface area contributed by atoms with Gasteiger partial charge in [0.1, 0.15) is 0 Å². The lowest BCUT2D eigenvalue weighted by Crippen LogP contribution is -2.62. The molecule has 0 heterocycles. The van der Waals surface area contributed by atoms with Crippen molar-refractivity contribution in [3.8, 4) is 0 Å². The fourth-order valence-corrected chi connectivity index (χ4v) is 3.48.